The van der Waals surface area contributed by atoms with E-state index in [9.17, 15) is 17.2 Å². The molecule has 33 heavy (non-hydrogen) atoms. The number of sulfonamides is 1. The van der Waals surface area contributed by atoms with E-state index in [1.54, 1.807) is 17.7 Å². The third kappa shape index (κ3) is 5.35. The van der Waals surface area contributed by atoms with Gasteiger partial charge in [0, 0.05) is 55.4 Å². The first-order valence-electron chi connectivity index (χ1n) is 10.2. The van der Waals surface area contributed by atoms with Crippen molar-refractivity contribution in [1.29, 1.82) is 0 Å². The number of imidazole rings is 1. The quantitative estimate of drug-likeness (QED) is 0.515. The molecule has 1 N–H and O–H groups in total. The second kappa shape index (κ2) is 9.76. The number of hydrogen-bond acceptors (Lipinski definition) is 5. The number of nitrogens with zero attached hydrogens (tertiary/aromatic N) is 3. The van der Waals surface area contributed by atoms with Crippen LogP contribution in [0.3, 0.4) is 0 Å². The molecule has 11 heteroatoms. The van der Waals surface area contributed by atoms with Gasteiger partial charge in [-0.2, -0.15) is 13.1 Å². The van der Waals surface area contributed by atoms with E-state index in [4.69, 9.17) is 11.6 Å². The van der Waals surface area contributed by atoms with Gasteiger partial charge in [-0.1, -0.05) is 41.9 Å². The van der Waals surface area contributed by atoms with Gasteiger partial charge in [0.1, 0.15) is 5.75 Å². The Labute approximate surface area is 196 Å². The monoisotopic (exact) mass is 496 g/mol. The van der Waals surface area contributed by atoms with Crippen molar-refractivity contribution >= 4 is 21.6 Å². The number of ether oxygens (including phenoxy) is 1. The summed E-state index contributed by atoms with van der Waals surface area (Å²) in [6.45, 7) is -2.33. The molecule has 0 radical (unpaired) electrons. The van der Waals surface area contributed by atoms with Gasteiger partial charge >= 0.3 is 6.61 Å². The maximum Gasteiger partial charge on any atom is 0.387 e. The number of nitrogens with one attached hydrogen (secondary N) is 1. The summed E-state index contributed by atoms with van der Waals surface area (Å²) in [7, 11) is -2.08. The topological polar surface area (TPSA) is 76.5 Å². The Kier molecular flexibility index (Phi) is 6.99. The van der Waals surface area contributed by atoms with Crippen LogP contribution in [0.25, 0.3) is 0 Å². The highest BCUT2D eigenvalue weighted by molar-refractivity contribution is 7.89. The summed E-state index contributed by atoms with van der Waals surface area (Å²) in [6.07, 6.45) is 2.91. The lowest BCUT2D eigenvalue weighted by Crippen LogP contribution is -2.36. The van der Waals surface area contributed by atoms with E-state index < -0.39 is 16.6 Å². The first-order chi connectivity index (χ1) is 15.7. The lowest BCUT2D eigenvalue weighted by molar-refractivity contribution is -0.0505. The van der Waals surface area contributed by atoms with Gasteiger partial charge in [0.2, 0.25) is 0 Å². The van der Waals surface area contributed by atoms with Gasteiger partial charge in [0.05, 0.1) is 6.33 Å². The van der Waals surface area contributed by atoms with E-state index >= 15 is 0 Å². The van der Waals surface area contributed by atoms with Crippen molar-refractivity contribution in [3.05, 3.63) is 77.2 Å². The number of aryl methyl sites for hydroxylation is 1. The molecular weight excluding hydrogens is 474 g/mol. The third-order valence-corrected chi connectivity index (χ3v) is 7.55. The van der Waals surface area contributed by atoms with Crippen molar-refractivity contribution < 1.29 is 21.9 Å². The molecule has 2 unspecified atom stereocenters. The predicted octanol–water partition coefficient (Wildman–Crippen LogP) is 3.62. The molecule has 2 atom stereocenters. The maximum atomic E-state index is 13.2. The van der Waals surface area contributed by atoms with Crippen molar-refractivity contribution in [2.24, 2.45) is 7.05 Å². The molecule has 1 aromatic heterocycles. The molecule has 0 amide bonds. The smallest absolute Gasteiger partial charge is 0.387 e. The van der Waals surface area contributed by atoms with Crippen LogP contribution in [-0.4, -0.2) is 48.0 Å². The standard InChI is InChI=1S/C22H23ClF2N4O3S/c1-28-13-21(27-14-28)33(30,31)29-11-18(15-5-3-2-4-6-15)19(12-29)26-10-16-9-17(23)7-8-20(16)32-22(24)25/h2-9,13-14,18-19,22,26H,10-12H2,1H3. The van der Waals surface area contributed by atoms with Crippen LogP contribution in [0.4, 0.5) is 8.78 Å². The average molecular weight is 497 g/mol. The van der Waals surface area contributed by atoms with E-state index in [2.05, 4.69) is 15.0 Å². The van der Waals surface area contributed by atoms with Gasteiger partial charge in [-0.25, -0.2) is 13.4 Å². The molecule has 1 aliphatic heterocycles. The third-order valence-electron chi connectivity index (χ3n) is 5.59. The average Bonchev–Trinajstić information content (AvgIpc) is 3.41. The van der Waals surface area contributed by atoms with Crippen LogP contribution < -0.4 is 10.1 Å². The van der Waals surface area contributed by atoms with Crippen molar-refractivity contribution in [1.82, 2.24) is 19.2 Å². The molecule has 1 aliphatic rings. The van der Waals surface area contributed by atoms with Gasteiger partial charge in [0.15, 0.2) is 5.03 Å². The van der Waals surface area contributed by atoms with Gasteiger partial charge < -0.3 is 14.6 Å². The van der Waals surface area contributed by atoms with Crippen LogP contribution in [0, 0.1) is 0 Å². The molecular formula is C22H23ClF2N4O3S. The van der Waals surface area contributed by atoms with E-state index in [1.807, 2.05) is 30.3 Å². The molecule has 4 rings (SSSR count). The highest BCUT2D eigenvalue weighted by Crippen LogP contribution is 2.32. The van der Waals surface area contributed by atoms with E-state index in [1.165, 1.54) is 29.0 Å². The van der Waals surface area contributed by atoms with Crippen LogP contribution in [0.15, 0.2) is 66.1 Å². The SMILES string of the molecule is Cn1cnc(S(=O)(=O)N2CC(NCc3cc(Cl)ccc3OC(F)F)C(c3ccccc3)C2)c1. The summed E-state index contributed by atoms with van der Waals surface area (Å²) >= 11 is 6.06. The second-order valence-corrected chi connectivity index (χ2v) is 10.2. The molecule has 176 valence electrons. The Balaban J connectivity index is 1.59. The fourth-order valence-corrected chi connectivity index (χ4v) is 5.65. The summed E-state index contributed by atoms with van der Waals surface area (Å²) in [5.41, 5.74) is 1.43. The first-order valence-corrected chi connectivity index (χ1v) is 12.1. The molecule has 3 aromatic rings. The Morgan fingerprint density at radius 2 is 1.97 bits per heavy atom. The minimum absolute atomic E-state index is 0.0140. The zero-order chi connectivity index (χ0) is 23.6. The van der Waals surface area contributed by atoms with Gasteiger partial charge in [0.25, 0.3) is 10.0 Å². The van der Waals surface area contributed by atoms with Crippen molar-refractivity contribution in [3.8, 4) is 5.75 Å². The van der Waals surface area contributed by atoms with Gasteiger partial charge in [-0.15, -0.1) is 0 Å². The Bertz CT molecular complexity index is 1210. The van der Waals surface area contributed by atoms with Crippen molar-refractivity contribution in [2.75, 3.05) is 13.1 Å². The van der Waals surface area contributed by atoms with Crippen LogP contribution >= 0.6 is 11.6 Å². The number of aromatic nitrogens is 2. The predicted molar refractivity (Wildman–Crippen MR) is 120 cm³/mol. The number of rotatable bonds is 8. The van der Waals surface area contributed by atoms with Gasteiger partial charge in [-0.3, -0.25) is 0 Å². The van der Waals surface area contributed by atoms with Crippen LogP contribution in [0.1, 0.15) is 17.0 Å². The molecule has 1 saturated heterocycles. The Morgan fingerprint density at radius 1 is 1.21 bits per heavy atom. The zero-order valence-corrected chi connectivity index (χ0v) is 19.3. The highest BCUT2D eigenvalue weighted by Gasteiger charge is 2.40. The highest BCUT2D eigenvalue weighted by atomic mass is 35.5. The lowest BCUT2D eigenvalue weighted by Gasteiger charge is -2.21. The molecule has 0 spiro atoms. The first kappa shape index (κ1) is 23.6. The van der Waals surface area contributed by atoms with E-state index in [0.717, 1.165) is 5.56 Å². The van der Waals surface area contributed by atoms with E-state index in [-0.39, 0.29) is 42.4 Å². The molecule has 0 bridgehead atoms. The maximum absolute atomic E-state index is 13.2. The Morgan fingerprint density at radius 3 is 2.64 bits per heavy atom. The minimum atomic E-state index is -3.79. The zero-order valence-electron chi connectivity index (χ0n) is 17.7. The van der Waals surface area contributed by atoms with Gasteiger partial charge in [-0.05, 0) is 23.8 Å². The summed E-state index contributed by atoms with van der Waals surface area (Å²) in [5, 5.41) is 3.70. The normalized spacial score (nSPS) is 19.3. The minimum Gasteiger partial charge on any atom is -0.434 e. The number of benzene rings is 2. The molecule has 0 saturated carbocycles. The second-order valence-electron chi connectivity index (χ2n) is 7.83. The number of halogens is 3. The molecule has 0 aliphatic carbocycles. The molecule has 7 nitrogen and oxygen atoms in total. The fraction of sp³-hybridized carbons (Fsp3) is 0.318. The van der Waals surface area contributed by atoms with Crippen LogP contribution in [0.2, 0.25) is 5.02 Å². The number of hydrogen-bond donors (Lipinski definition) is 1. The fourth-order valence-electron chi connectivity index (χ4n) is 4.00. The van der Waals surface area contributed by atoms with Crippen molar-refractivity contribution in [3.63, 3.8) is 0 Å². The summed E-state index contributed by atoms with van der Waals surface area (Å²) in [4.78, 5) is 4.01. The van der Waals surface area contributed by atoms with E-state index in [0.29, 0.717) is 10.6 Å². The molecule has 1 fully saturated rings. The molecule has 2 aromatic carbocycles. The van der Waals surface area contributed by atoms with Crippen LogP contribution in [-0.2, 0) is 23.6 Å². The lowest BCUT2D eigenvalue weighted by atomic mass is 9.94. The summed E-state index contributed by atoms with van der Waals surface area (Å²) in [6, 6.07) is 13.7. The van der Waals surface area contributed by atoms with Crippen molar-refractivity contribution in [2.45, 2.75) is 30.1 Å². The number of alkyl halides is 2. The summed E-state index contributed by atoms with van der Waals surface area (Å²) in [5.74, 6) is -0.127. The van der Waals surface area contributed by atoms with Crippen LogP contribution in [0.5, 0.6) is 5.75 Å². The largest absolute Gasteiger partial charge is 0.434 e. The Hall–Kier alpha value is -2.53. The molecule has 2 heterocycles. The summed E-state index contributed by atoms with van der Waals surface area (Å²) < 4.78 is 59.6.